The third kappa shape index (κ3) is 3.01. The molecule has 1 heterocycles. The first kappa shape index (κ1) is 14.9. The second-order valence-corrected chi connectivity index (χ2v) is 7.32. The molecule has 6 heteroatoms. The number of anilines is 1. The summed E-state index contributed by atoms with van der Waals surface area (Å²) in [5.74, 6) is -0.0490. The van der Waals surface area contributed by atoms with E-state index in [2.05, 4.69) is 62.1 Å². The standard InChI is InChI=1S/C13H14Br2N2OS/c1-4-8(14)12(18)17-13-16-10-9(15)5-6(2)7(3)11(10)19-13/h5,8H,4H2,1-3H3,(H,16,17,18)/t8-/m1/s1. The number of alkyl halides is 1. The van der Waals surface area contributed by atoms with Gasteiger partial charge in [0.1, 0.15) is 0 Å². The van der Waals surface area contributed by atoms with Gasteiger partial charge in [-0.15, -0.1) is 0 Å². The van der Waals surface area contributed by atoms with E-state index >= 15 is 0 Å². The smallest absolute Gasteiger partial charge is 0.239 e. The molecular formula is C13H14Br2N2OS. The molecular weight excluding hydrogens is 392 g/mol. The third-order valence-corrected chi connectivity index (χ3v) is 5.76. The molecule has 2 rings (SSSR count). The van der Waals surface area contributed by atoms with E-state index in [4.69, 9.17) is 0 Å². The molecule has 19 heavy (non-hydrogen) atoms. The third-order valence-electron chi connectivity index (χ3n) is 3.00. The van der Waals surface area contributed by atoms with Crippen LogP contribution in [0.3, 0.4) is 0 Å². The van der Waals surface area contributed by atoms with Crippen LogP contribution < -0.4 is 5.32 Å². The van der Waals surface area contributed by atoms with E-state index in [0.717, 1.165) is 21.1 Å². The Morgan fingerprint density at radius 1 is 1.53 bits per heavy atom. The van der Waals surface area contributed by atoms with E-state index in [9.17, 15) is 4.79 Å². The van der Waals surface area contributed by atoms with Crippen LogP contribution in [-0.2, 0) is 4.79 Å². The van der Waals surface area contributed by atoms with Crippen LogP contribution in [0.2, 0.25) is 0 Å². The highest BCUT2D eigenvalue weighted by Crippen LogP contribution is 2.35. The lowest BCUT2D eigenvalue weighted by atomic mass is 10.1. The maximum Gasteiger partial charge on any atom is 0.239 e. The lowest BCUT2D eigenvalue weighted by Crippen LogP contribution is -2.21. The number of rotatable bonds is 3. The number of hydrogen-bond donors (Lipinski definition) is 1. The first-order chi connectivity index (χ1) is 8.93. The fourth-order valence-electron chi connectivity index (χ4n) is 1.70. The molecule has 1 amide bonds. The molecule has 1 aromatic carbocycles. The summed E-state index contributed by atoms with van der Waals surface area (Å²) in [5.41, 5.74) is 3.33. The van der Waals surface area contributed by atoms with Crippen molar-refractivity contribution in [3.8, 4) is 0 Å². The van der Waals surface area contributed by atoms with Gasteiger partial charge in [0.2, 0.25) is 5.91 Å². The number of aromatic nitrogens is 1. The van der Waals surface area contributed by atoms with E-state index in [1.54, 1.807) is 0 Å². The lowest BCUT2D eigenvalue weighted by molar-refractivity contribution is -0.115. The number of nitrogens with zero attached hydrogens (tertiary/aromatic N) is 1. The number of thiazole rings is 1. The van der Waals surface area contributed by atoms with Gasteiger partial charge in [-0.1, -0.05) is 34.2 Å². The summed E-state index contributed by atoms with van der Waals surface area (Å²) in [6.07, 6.45) is 0.749. The number of carbonyl (C=O) groups is 1. The van der Waals surface area contributed by atoms with Crippen molar-refractivity contribution >= 4 is 64.5 Å². The minimum atomic E-state index is -0.175. The quantitative estimate of drug-likeness (QED) is 0.746. The van der Waals surface area contributed by atoms with Crippen molar-refractivity contribution in [1.82, 2.24) is 4.98 Å². The van der Waals surface area contributed by atoms with Crippen LogP contribution in [0.1, 0.15) is 24.5 Å². The van der Waals surface area contributed by atoms with E-state index < -0.39 is 0 Å². The zero-order valence-electron chi connectivity index (χ0n) is 10.9. The highest BCUT2D eigenvalue weighted by molar-refractivity contribution is 9.10. The van der Waals surface area contributed by atoms with Crippen molar-refractivity contribution in [2.24, 2.45) is 0 Å². The molecule has 1 aromatic heterocycles. The van der Waals surface area contributed by atoms with Gasteiger partial charge in [-0.25, -0.2) is 4.98 Å². The van der Waals surface area contributed by atoms with Crippen molar-refractivity contribution in [1.29, 1.82) is 0 Å². The predicted octanol–water partition coefficient (Wildman–Crippen LogP) is 4.79. The molecule has 2 aromatic rings. The number of aryl methyl sites for hydroxylation is 2. The summed E-state index contributed by atoms with van der Waals surface area (Å²) in [6.45, 7) is 6.11. The zero-order chi connectivity index (χ0) is 14.2. The van der Waals surface area contributed by atoms with E-state index in [-0.39, 0.29) is 10.7 Å². The van der Waals surface area contributed by atoms with Gasteiger partial charge in [0, 0.05) is 4.47 Å². The molecule has 1 N–H and O–H groups in total. The number of amides is 1. The van der Waals surface area contributed by atoms with Gasteiger partial charge in [-0.2, -0.15) is 0 Å². The maximum absolute atomic E-state index is 11.9. The summed E-state index contributed by atoms with van der Waals surface area (Å²) < 4.78 is 2.08. The monoisotopic (exact) mass is 404 g/mol. The average Bonchev–Trinajstić information content (AvgIpc) is 2.79. The van der Waals surface area contributed by atoms with Crippen molar-refractivity contribution in [2.75, 3.05) is 5.32 Å². The second kappa shape index (κ2) is 5.89. The molecule has 102 valence electrons. The highest BCUT2D eigenvalue weighted by Gasteiger charge is 2.16. The Hall–Kier alpha value is -0.460. The molecule has 0 saturated carbocycles. The first-order valence-electron chi connectivity index (χ1n) is 5.95. The molecule has 0 radical (unpaired) electrons. The largest absolute Gasteiger partial charge is 0.301 e. The Kier molecular flexibility index (Phi) is 4.63. The molecule has 0 aliphatic carbocycles. The molecule has 0 spiro atoms. The highest BCUT2D eigenvalue weighted by atomic mass is 79.9. The zero-order valence-corrected chi connectivity index (χ0v) is 14.9. The molecule has 0 unspecified atom stereocenters. The van der Waals surface area contributed by atoms with Crippen molar-refractivity contribution in [2.45, 2.75) is 32.0 Å². The summed E-state index contributed by atoms with van der Waals surface area (Å²) in [4.78, 5) is 16.2. The number of nitrogens with one attached hydrogen (secondary N) is 1. The van der Waals surface area contributed by atoms with Gasteiger partial charge < -0.3 is 5.32 Å². The number of halogens is 2. The van der Waals surface area contributed by atoms with E-state index in [0.29, 0.717) is 5.13 Å². The van der Waals surface area contributed by atoms with Crippen LogP contribution in [0.25, 0.3) is 10.2 Å². The molecule has 0 saturated heterocycles. The summed E-state index contributed by atoms with van der Waals surface area (Å²) in [6, 6.07) is 2.06. The van der Waals surface area contributed by atoms with Gasteiger partial charge >= 0.3 is 0 Å². The fraction of sp³-hybridized carbons (Fsp3) is 0.385. The van der Waals surface area contributed by atoms with Crippen LogP contribution in [0.4, 0.5) is 5.13 Å². The molecule has 0 aliphatic heterocycles. The molecule has 0 fully saturated rings. The van der Waals surface area contributed by atoms with Gasteiger partial charge in [0.25, 0.3) is 0 Å². The summed E-state index contributed by atoms with van der Waals surface area (Å²) >= 11 is 8.38. The lowest BCUT2D eigenvalue weighted by Gasteiger charge is -2.04. The number of carbonyl (C=O) groups excluding carboxylic acids is 1. The molecule has 0 bridgehead atoms. The minimum Gasteiger partial charge on any atom is -0.301 e. The van der Waals surface area contributed by atoms with Gasteiger partial charge in [0.05, 0.1) is 15.0 Å². The maximum atomic E-state index is 11.9. The SMILES string of the molecule is CC[C@@H](Br)C(=O)Nc1nc2c(Br)cc(C)c(C)c2s1. The molecule has 3 nitrogen and oxygen atoms in total. The minimum absolute atomic E-state index is 0.0490. The first-order valence-corrected chi connectivity index (χ1v) is 8.47. The Labute approximate surface area is 133 Å². The van der Waals surface area contributed by atoms with Crippen molar-refractivity contribution < 1.29 is 4.79 Å². The van der Waals surface area contributed by atoms with Gasteiger partial charge in [0.15, 0.2) is 5.13 Å². The summed E-state index contributed by atoms with van der Waals surface area (Å²) in [7, 11) is 0. The van der Waals surface area contributed by atoms with Crippen LogP contribution in [0.15, 0.2) is 10.5 Å². The Balaban J connectivity index is 2.40. The average molecular weight is 406 g/mol. The van der Waals surface area contributed by atoms with Crippen LogP contribution in [0.5, 0.6) is 0 Å². The molecule has 1 atom stereocenters. The Morgan fingerprint density at radius 2 is 2.21 bits per heavy atom. The number of benzene rings is 1. The number of hydrogen-bond acceptors (Lipinski definition) is 3. The van der Waals surface area contributed by atoms with Gasteiger partial charge in [-0.05, 0) is 53.4 Å². The Bertz CT molecular complexity index is 639. The van der Waals surface area contributed by atoms with Crippen LogP contribution in [-0.4, -0.2) is 15.7 Å². The van der Waals surface area contributed by atoms with Gasteiger partial charge in [-0.3, -0.25) is 4.79 Å². The topological polar surface area (TPSA) is 42.0 Å². The fourth-order valence-corrected chi connectivity index (χ4v) is 3.63. The van der Waals surface area contributed by atoms with Crippen LogP contribution in [0, 0.1) is 13.8 Å². The predicted molar refractivity (Wildman–Crippen MR) is 88.4 cm³/mol. The van der Waals surface area contributed by atoms with E-state index in [1.165, 1.54) is 22.5 Å². The second-order valence-electron chi connectivity index (χ2n) is 4.36. The van der Waals surface area contributed by atoms with E-state index in [1.807, 2.05) is 6.92 Å². The summed E-state index contributed by atoms with van der Waals surface area (Å²) in [5, 5.41) is 3.50. The Morgan fingerprint density at radius 3 is 2.84 bits per heavy atom. The van der Waals surface area contributed by atoms with Crippen molar-refractivity contribution in [3.63, 3.8) is 0 Å². The van der Waals surface area contributed by atoms with Crippen LogP contribution >= 0.6 is 43.2 Å². The normalized spacial score (nSPS) is 12.7. The molecule has 0 aliphatic rings. The number of fused-ring (bicyclic) bond motifs is 1. The van der Waals surface area contributed by atoms with Crippen molar-refractivity contribution in [3.05, 3.63) is 21.7 Å².